The fourth-order valence-electron chi connectivity index (χ4n) is 4.78. The molecule has 0 unspecified atom stereocenters. The first-order valence-corrected chi connectivity index (χ1v) is 13.8. The highest BCUT2D eigenvalue weighted by Gasteiger charge is 2.54. The number of aliphatic hydroxyl groups is 1. The Morgan fingerprint density at radius 2 is 1.76 bits per heavy atom. The fraction of sp³-hybridized carbons (Fsp3) is 0.179. The summed E-state index contributed by atoms with van der Waals surface area (Å²) in [6.45, 7) is -0.0777. The Hall–Kier alpha value is -3.73. The van der Waals surface area contributed by atoms with Crippen LogP contribution >= 0.6 is 23.5 Å². The second kappa shape index (κ2) is 9.86. The van der Waals surface area contributed by atoms with Crippen molar-refractivity contribution in [1.29, 1.82) is 0 Å². The monoisotopic (exact) mass is 546 g/mol. The van der Waals surface area contributed by atoms with Crippen molar-refractivity contribution in [3.63, 3.8) is 0 Å². The van der Waals surface area contributed by atoms with Gasteiger partial charge in [0.15, 0.2) is 0 Å². The van der Waals surface area contributed by atoms with Gasteiger partial charge in [-0.2, -0.15) is 0 Å². The third-order valence-corrected chi connectivity index (χ3v) is 9.13. The lowest BCUT2D eigenvalue weighted by atomic mass is 10.0. The molecule has 0 aliphatic carbocycles. The van der Waals surface area contributed by atoms with Gasteiger partial charge in [0.05, 0.1) is 13.0 Å². The van der Waals surface area contributed by atoms with Crippen LogP contribution in [0.4, 0.5) is 0 Å². The lowest BCUT2D eigenvalue weighted by Crippen LogP contribution is -2.70. The third-order valence-electron chi connectivity index (χ3n) is 6.59. The number of aliphatic hydroxyl groups excluding tert-OH is 1. The van der Waals surface area contributed by atoms with Crippen molar-refractivity contribution in [1.82, 2.24) is 10.2 Å². The number of carbonyl (C=O) groups excluding carboxylic acids is 2. The molecule has 3 aromatic carbocycles. The number of rotatable bonds is 7. The summed E-state index contributed by atoms with van der Waals surface area (Å²) >= 11 is 2.72. The molecule has 2 aliphatic rings. The smallest absolute Gasteiger partial charge is 0.353 e. The Morgan fingerprint density at radius 3 is 2.50 bits per heavy atom. The van der Waals surface area contributed by atoms with Gasteiger partial charge in [-0.3, -0.25) is 14.5 Å². The van der Waals surface area contributed by atoms with E-state index in [0.717, 1.165) is 26.8 Å². The van der Waals surface area contributed by atoms with E-state index in [4.69, 9.17) is 4.42 Å². The van der Waals surface area contributed by atoms with E-state index >= 15 is 0 Å². The van der Waals surface area contributed by atoms with Crippen LogP contribution in [0.1, 0.15) is 11.1 Å². The normalized spacial score (nSPS) is 19.0. The minimum atomic E-state index is -1.18. The highest BCUT2D eigenvalue weighted by Crippen LogP contribution is 2.45. The summed E-state index contributed by atoms with van der Waals surface area (Å²) in [4.78, 5) is 40.4. The molecule has 2 amide bonds. The molecule has 1 fully saturated rings. The van der Waals surface area contributed by atoms with E-state index in [1.54, 1.807) is 6.07 Å². The molecule has 0 radical (unpaired) electrons. The number of furan rings is 1. The van der Waals surface area contributed by atoms with Crippen molar-refractivity contribution >= 4 is 63.2 Å². The highest BCUT2D eigenvalue weighted by atomic mass is 32.2. The van der Waals surface area contributed by atoms with E-state index in [-0.39, 0.29) is 24.6 Å². The molecule has 4 aromatic rings. The molecular formula is C28H22N2O6S2. The van der Waals surface area contributed by atoms with Gasteiger partial charge in [0.2, 0.25) is 5.91 Å². The summed E-state index contributed by atoms with van der Waals surface area (Å²) in [6.07, 6.45) is 0.149. The number of nitrogens with zero attached hydrogens (tertiary/aromatic N) is 1. The number of thioether (sulfide) groups is 2. The summed E-state index contributed by atoms with van der Waals surface area (Å²) in [7, 11) is 0. The quantitative estimate of drug-likeness (QED) is 0.296. The summed E-state index contributed by atoms with van der Waals surface area (Å²) in [5.74, 6) is -1.49. The van der Waals surface area contributed by atoms with Crippen molar-refractivity contribution in [2.45, 2.75) is 29.3 Å². The lowest BCUT2D eigenvalue weighted by molar-refractivity contribution is -0.150. The van der Waals surface area contributed by atoms with Crippen LogP contribution in [-0.4, -0.2) is 50.1 Å². The molecular weight excluding hydrogens is 524 g/mol. The van der Waals surface area contributed by atoms with Crippen LogP contribution < -0.4 is 5.32 Å². The zero-order valence-electron chi connectivity index (χ0n) is 19.9. The number of nitrogens with one attached hydrogen (secondary N) is 1. The average molecular weight is 547 g/mol. The van der Waals surface area contributed by atoms with Crippen LogP contribution in [0.15, 0.2) is 86.6 Å². The van der Waals surface area contributed by atoms with Crippen LogP contribution in [0.25, 0.3) is 21.9 Å². The number of β-lactam (4-membered cyclic amide) rings is 1. The zero-order valence-corrected chi connectivity index (χ0v) is 21.6. The van der Waals surface area contributed by atoms with E-state index in [1.807, 2.05) is 60.7 Å². The maximum atomic E-state index is 13.0. The first kappa shape index (κ1) is 24.6. The minimum absolute atomic E-state index is 0.0467. The van der Waals surface area contributed by atoms with Crippen molar-refractivity contribution in [2.75, 3.05) is 5.75 Å². The molecule has 38 heavy (non-hydrogen) atoms. The molecule has 0 bridgehead atoms. The Bertz CT molecular complexity index is 1630. The number of aliphatic carboxylic acids is 1. The second-order valence-corrected chi connectivity index (χ2v) is 11.3. The Balaban J connectivity index is 1.22. The van der Waals surface area contributed by atoms with Gasteiger partial charge in [0.1, 0.15) is 28.3 Å². The maximum absolute atomic E-state index is 13.0. The largest absolute Gasteiger partial charge is 0.477 e. The SMILES string of the molecule is O=C(Cc1ccccc1)N[C@@H]1C(=O)N2C(C(=O)O)=C(Sc3ccc4c(c3)oc3cc(CO)ccc34)CS[C@@H]12. The molecule has 8 nitrogen and oxygen atoms in total. The van der Waals surface area contributed by atoms with Crippen molar-refractivity contribution in [3.8, 4) is 0 Å². The molecule has 0 spiro atoms. The predicted octanol–water partition coefficient (Wildman–Crippen LogP) is 4.11. The summed E-state index contributed by atoms with van der Waals surface area (Å²) in [5.41, 5.74) is 2.87. The molecule has 10 heteroatoms. The molecule has 192 valence electrons. The van der Waals surface area contributed by atoms with Gasteiger partial charge >= 0.3 is 5.97 Å². The van der Waals surface area contributed by atoms with Gasteiger partial charge in [0, 0.05) is 26.3 Å². The summed E-state index contributed by atoms with van der Waals surface area (Å²) < 4.78 is 5.99. The van der Waals surface area contributed by atoms with Crippen LogP contribution in [-0.2, 0) is 27.4 Å². The molecule has 6 rings (SSSR count). The number of carboxylic acid groups (broad SMARTS) is 1. The maximum Gasteiger partial charge on any atom is 0.353 e. The molecule has 3 N–H and O–H groups in total. The Labute approximate surface area is 225 Å². The van der Waals surface area contributed by atoms with Gasteiger partial charge in [-0.15, -0.1) is 11.8 Å². The number of hydrogen-bond donors (Lipinski definition) is 3. The molecule has 3 heterocycles. The van der Waals surface area contributed by atoms with E-state index in [0.29, 0.717) is 21.8 Å². The van der Waals surface area contributed by atoms with Crippen LogP contribution in [0.2, 0.25) is 0 Å². The number of benzene rings is 3. The third kappa shape index (κ3) is 4.34. The van der Waals surface area contributed by atoms with Gasteiger partial charge < -0.3 is 19.9 Å². The summed E-state index contributed by atoms with van der Waals surface area (Å²) in [6, 6.07) is 19.7. The van der Waals surface area contributed by atoms with E-state index < -0.39 is 23.3 Å². The molecule has 2 aliphatic heterocycles. The number of carbonyl (C=O) groups is 3. The first-order chi connectivity index (χ1) is 18.4. The molecule has 2 atom stereocenters. The number of hydrogen-bond acceptors (Lipinski definition) is 7. The Kier molecular flexibility index (Phi) is 6.38. The van der Waals surface area contributed by atoms with E-state index in [9.17, 15) is 24.6 Å². The molecule has 1 saturated heterocycles. The van der Waals surface area contributed by atoms with Crippen LogP contribution in [0.5, 0.6) is 0 Å². The lowest BCUT2D eigenvalue weighted by Gasteiger charge is -2.49. The summed E-state index contributed by atoms with van der Waals surface area (Å²) in [5, 5.41) is 23.6. The number of carboxylic acids is 1. The van der Waals surface area contributed by atoms with Gasteiger partial charge in [0.25, 0.3) is 5.91 Å². The zero-order chi connectivity index (χ0) is 26.4. The predicted molar refractivity (Wildman–Crippen MR) is 145 cm³/mol. The van der Waals surface area contributed by atoms with Gasteiger partial charge in [-0.1, -0.05) is 54.2 Å². The standard InChI is InChI=1S/C28H22N2O6S2/c31-13-16-6-8-18-19-9-7-17(12-21(19)36-20(18)10-16)38-22-14-37-27-24(26(33)30(27)25(22)28(34)35)29-23(32)11-15-4-2-1-3-5-15/h1-10,12,24,27,31H,11,13-14H2,(H,29,32)(H,34,35)/t24-,27+/m1/s1. The van der Waals surface area contributed by atoms with Crippen LogP contribution in [0.3, 0.4) is 0 Å². The van der Waals surface area contributed by atoms with Crippen molar-refractivity contribution in [2.24, 2.45) is 0 Å². The van der Waals surface area contributed by atoms with Gasteiger partial charge in [-0.25, -0.2) is 4.79 Å². The highest BCUT2D eigenvalue weighted by molar-refractivity contribution is 8.06. The first-order valence-electron chi connectivity index (χ1n) is 11.9. The molecule has 1 aromatic heterocycles. The Morgan fingerprint density at radius 1 is 1.03 bits per heavy atom. The topological polar surface area (TPSA) is 120 Å². The second-order valence-electron chi connectivity index (χ2n) is 9.05. The van der Waals surface area contributed by atoms with Crippen LogP contribution in [0, 0.1) is 0 Å². The number of fused-ring (bicyclic) bond motifs is 4. The fourth-order valence-corrected chi connectivity index (χ4v) is 7.28. The van der Waals surface area contributed by atoms with E-state index in [1.165, 1.54) is 28.4 Å². The van der Waals surface area contributed by atoms with Crippen molar-refractivity contribution < 1.29 is 29.0 Å². The van der Waals surface area contributed by atoms with Crippen molar-refractivity contribution in [3.05, 3.63) is 88.5 Å². The molecule has 0 saturated carbocycles. The average Bonchev–Trinajstić information content (AvgIpc) is 3.28. The van der Waals surface area contributed by atoms with E-state index in [2.05, 4.69) is 5.32 Å². The minimum Gasteiger partial charge on any atom is -0.477 e. The number of amides is 2. The van der Waals surface area contributed by atoms with Gasteiger partial charge in [-0.05, 0) is 35.4 Å².